The number of fused-ring (bicyclic) bond motifs is 1. The number of hydrogen-bond acceptors (Lipinski definition) is 2. The average Bonchev–Trinajstić information content (AvgIpc) is 2.46. The molecule has 2 aliphatic heterocycles. The molecular formula is C16H20N2O2. The quantitative estimate of drug-likeness (QED) is 0.846. The maximum Gasteiger partial charge on any atom is 0.253 e. The van der Waals surface area contributed by atoms with Crippen molar-refractivity contribution in [2.45, 2.75) is 32.2 Å². The summed E-state index contributed by atoms with van der Waals surface area (Å²) in [6, 6.07) is 8.01. The van der Waals surface area contributed by atoms with Gasteiger partial charge < -0.3 is 10.2 Å². The zero-order valence-corrected chi connectivity index (χ0v) is 11.8. The molecule has 0 saturated carbocycles. The van der Waals surface area contributed by atoms with E-state index in [1.54, 1.807) is 0 Å². The van der Waals surface area contributed by atoms with E-state index in [1.807, 2.05) is 36.1 Å². The van der Waals surface area contributed by atoms with Crippen LogP contribution in [-0.2, 0) is 4.79 Å². The van der Waals surface area contributed by atoms with Gasteiger partial charge in [-0.2, -0.15) is 0 Å². The second-order valence-electron chi connectivity index (χ2n) is 5.88. The zero-order chi connectivity index (χ0) is 14.1. The molecule has 3 rings (SSSR count). The highest BCUT2D eigenvalue weighted by Crippen LogP contribution is 2.26. The van der Waals surface area contributed by atoms with E-state index in [1.165, 1.54) is 0 Å². The van der Waals surface area contributed by atoms with Crippen LogP contribution < -0.4 is 5.32 Å². The lowest BCUT2D eigenvalue weighted by Crippen LogP contribution is -2.55. The van der Waals surface area contributed by atoms with Crippen molar-refractivity contribution in [2.75, 3.05) is 13.1 Å². The molecule has 0 aromatic heterocycles. The average molecular weight is 272 g/mol. The number of amides is 2. The topological polar surface area (TPSA) is 49.4 Å². The molecule has 2 amide bonds. The Morgan fingerprint density at radius 2 is 2.20 bits per heavy atom. The summed E-state index contributed by atoms with van der Waals surface area (Å²) in [5, 5.41) is 3.05. The highest BCUT2D eigenvalue weighted by atomic mass is 16.2. The summed E-state index contributed by atoms with van der Waals surface area (Å²) in [5.74, 6) is 0.684. The number of likely N-dealkylation sites (tertiary alicyclic amines) is 1. The van der Waals surface area contributed by atoms with Crippen molar-refractivity contribution in [3.8, 4) is 0 Å². The highest BCUT2D eigenvalue weighted by molar-refractivity contribution is 5.94. The monoisotopic (exact) mass is 272 g/mol. The van der Waals surface area contributed by atoms with Crippen LogP contribution >= 0.6 is 0 Å². The fourth-order valence-corrected chi connectivity index (χ4v) is 3.26. The lowest BCUT2D eigenvalue weighted by Gasteiger charge is -2.41. The van der Waals surface area contributed by atoms with Crippen LogP contribution in [0.4, 0.5) is 0 Å². The van der Waals surface area contributed by atoms with E-state index in [0.717, 1.165) is 37.1 Å². The predicted molar refractivity (Wildman–Crippen MR) is 76.4 cm³/mol. The Hall–Kier alpha value is -1.84. The van der Waals surface area contributed by atoms with Crippen LogP contribution in [0.25, 0.3) is 0 Å². The summed E-state index contributed by atoms with van der Waals surface area (Å²) in [4.78, 5) is 25.9. The molecule has 2 saturated heterocycles. The molecule has 1 aromatic carbocycles. The number of benzene rings is 1. The number of nitrogens with one attached hydrogen (secondary N) is 1. The largest absolute Gasteiger partial charge is 0.353 e. The zero-order valence-electron chi connectivity index (χ0n) is 11.8. The Morgan fingerprint density at radius 1 is 1.35 bits per heavy atom. The Morgan fingerprint density at radius 3 is 3.00 bits per heavy atom. The molecule has 0 spiro atoms. The molecule has 2 fully saturated rings. The van der Waals surface area contributed by atoms with Crippen molar-refractivity contribution in [2.24, 2.45) is 5.92 Å². The van der Waals surface area contributed by atoms with E-state index in [0.29, 0.717) is 12.3 Å². The van der Waals surface area contributed by atoms with Crippen LogP contribution in [0.15, 0.2) is 24.3 Å². The maximum atomic E-state index is 12.5. The van der Waals surface area contributed by atoms with Crippen LogP contribution in [0.1, 0.15) is 35.2 Å². The van der Waals surface area contributed by atoms with Crippen LogP contribution in [0.3, 0.4) is 0 Å². The van der Waals surface area contributed by atoms with Gasteiger partial charge in [0, 0.05) is 31.1 Å². The van der Waals surface area contributed by atoms with Crippen LogP contribution in [0.5, 0.6) is 0 Å². The van der Waals surface area contributed by atoms with E-state index < -0.39 is 0 Å². The van der Waals surface area contributed by atoms with Crippen molar-refractivity contribution in [1.82, 2.24) is 10.2 Å². The van der Waals surface area contributed by atoms with Crippen molar-refractivity contribution < 1.29 is 9.59 Å². The summed E-state index contributed by atoms with van der Waals surface area (Å²) in [7, 11) is 0. The molecule has 1 aromatic rings. The molecule has 2 unspecified atom stereocenters. The molecule has 4 heteroatoms. The van der Waals surface area contributed by atoms with Gasteiger partial charge >= 0.3 is 0 Å². The second kappa shape index (κ2) is 5.27. The van der Waals surface area contributed by atoms with Crippen molar-refractivity contribution in [3.63, 3.8) is 0 Å². The van der Waals surface area contributed by atoms with Gasteiger partial charge in [-0.05, 0) is 37.8 Å². The van der Waals surface area contributed by atoms with Gasteiger partial charge in [-0.1, -0.05) is 17.7 Å². The normalized spacial score (nSPS) is 25.9. The molecule has 20 heavy (non-hydrogen) atoms. The third-order valence-corrected chi connectivity index (χ3v) is 4.37. The minimum Gasteiger partial charge on any atom is -0.353 e. The summed E-state index contributed by atoms with van der Waals surface area (Å²) in [6.45, 7) is 3.49. The van der Waals surface area contributed by atoms with Gasteiger partial charge in [0.2, 0.25) is 5.91 Å². The number of piperidine rings is 2. The van der Waals surface area contributed by atoms with Gasteiger partial charge in [-0.3, -0.25) is 9.59 Å². The van der Waals surface area contributed by atoms with Crippen molar-refractivity contribution >= 4 is 11.8 Å². The maximum absolute atomic E-state index is 12.5. The van der Waals surface area contributed by atoms with E-state index in [4.69, 9.17) is 0 Å². The summed E-state index contributed by atoms with van der Waals surface area (Å²) in [5.41, 5.74) is 1.87. The van der Waals surface area contributed by atoms with E-state index >= 15 is 0 Å². The number of carbonyl (C=O) groups excluding carboxylic acids is 2. The third-order valence-electron chi connectivity index (χ3n) is 4.37. The summed E-state index contributed by atoms with van der Waals surface area (Å²) < 4.78 is 0. The lowest BCUT2D eigenvalue weighted by atomic mass is 9.85. The summed E-state index contributed by atoms with van der Waals surface area (Å²) >= 11 is 0. The van der Waals surface area contributed by atoms with E-state index in [-0.39, 0.29) is 17.9 Å². The number of hydrogen-bond donors (Lipinski definition) is 1. The fourth-order valence-electron chi connectivity index (χ4n) is 3.26. The molecule has 0 radical (unpaired) electrons. The van der Waals surface area contributed by atoms with E-state index in [2.05, 4.69) is 5.32 Å². The van der Waals surface area contributed by atoms with Gasteiger partial charge in [-0.25, -0.2) is 0 Å². The standard InChI is InChI=1S/C16H20N2O2/c1-11-3-2-4-12(9-11)16(20)18-8-7-14-13(10-18)5-6-15(19)17-14/h2-4,9,13-14H,5-8,10H2,1H3,(H,17,19). The first-order valence-electron chi connectivity index (χ1n) is 7.29. The Kier molecular flexibility index (Phi) is 3.47. The molecular weight excluding hydrogens is 252 g/mol. The van der Waals surface area contributed by atoms with Crippen LogP contribution in [0.2, 0.25) is 0 Å². The molecule has 4 nitrogen and oxygen atoms in total. The van der Waals surface area contributed by atoms with E-state index in [9.17, 15) is 9.59 Å². The van der Waals surface area contributed by atoms with Crippen molar-refractivity contribution in [1.29, 1.82) is 0 Å². The molecule has 1 N–H and O–H groups in total. The first-order chi connectivity index (χ1) is 9.63. The molecule has 2 heterocycles. The van der Waals surface area contributed by atoms with Crippen LogP contribution in [0, 0.1) is 12.8 Å². The predicted octanol–water partition coefficient (Wildman–Crippen LogP) is 1.74. The van der Waals surface area contributed by atoms with Crippen LogP contribution in [-0.4, -0.2) is 35.8 Å². The molecule has 0 aliphatic carbocycles. The highest BCUT2D eigenvalue weighted by Gasteiger charge is 2.35. The van der Waals surface area contributed by atoms with Crippen molar-refractivity contribution in [3.05, 3.63) is 35.4 Å². The molecule has 2 aliphatic rings. The molecule has 0 bridgehead atoms. The Bertz CT molecular complexity index is 541. The minimum atomic E-state index is 0.115. The first kappa shape index (κ1) is 13.2. The van der Waals surface area contributed by atoms with Gasteiger partial charge in [0.25, 0.3) is 5.91 Å². The Balaban J connectivity index is 1.70. The van der Waals surface area contributed by atoms with Gasteiger partial charge in [0.05, 0.1) is 0 Å². The number of aryl methyl sites for hydroxylation is 1. The lowest BCUT2D eigenvalue weighted by molar-refractivity contribution is -0.125. The van der Waals surface area contributed by atoms with Gasteiger partial charge in [-0.15, -0.1) is 0 Å². The second-order valence-corrected chi connectivity index (χ2v) is 5.88. The minimum absolute atomic E-state index is 0.115. The smallest absolute Gasteiger partial charge is 0.253 e. The third kappa shape index (κ3) is 2.55. The number of carbonyl (C=O) groups is 2. The molecule has 2 atom stereocenters. The number of rotatable bonds is 1. The SMILES string of the molecule is Cc1cccc(C(=O)N2CCC3NC(=O)CCC3C2)c1. The fraction of sp³-hybridized carbons (Fsp3) is 0.500. The van der Waals surface area contributed by atoms with Gasteiger partial charge in [0.15, 0.2) is 0 Å². The number of nitrogens with zero attached hydrogens (tertiary/aromatic N) is 1. The molecule has 106 valence electrons. The Labute approximate surface area is 119 Å². The van der Waals surface area contributed by atoms with Gasteiger partial charge in [0.1, 0.15) is 0 Å². The summed E-state index contributed by atoms with van der Waals surface area (Å²) in [6.07, 6.45) is 2.36. The first-order valence-corrected chi connectivity index (χ1v) is 7.29.